The Bertz CT molecular complexity index is 564. The standard InChI is InChI=1S/C15H20N2O2/c1-9-6-10(2)16-14(18)13(9)15(19)17-7-11-4-3-5-12(11)8-17/h6,11-12H,3-5,7-8H2,1-2H3,(H,16,18). The number of aryl methyl sites for hydroxylation is 2. The van der Waals surface area contributed by atoms with E-state index in [9.17, 15) is 9.59 Å². The molecule has 102 valence electrons. The summed E-state index contributed by atoms with van der Waals surface area (Å²) in [6.07, 6.45) is 3.76. The number of hydrogen-bond donors (Lipinski definition) is 1. The van der Waals surface area contributed by atoms with Gasteiger partial charge in [0.25, 0.3) is 11.5 Å². The second-order valence-electron chi connectivity index (χ2n) is 6.00. The number of fused-ring (bicyclic) bond motifs is 1. The van der Waals surface area contributed by atoms with Gasteiger partial charge in [-0.05, 0) is 50.2 Å². The molecular formula is C15H20N2O2. The Morgan fingerprint density at radius 2 is 1.89 bits per heavy atom. The van der Waals surface area contributed by atoms with E-state index >= 15 is 0 Å². The molecule has 1 N–H and O–H groups in total. The van der Waals surface area contributed by atoms with Crippen molar-refractivity contribution in [2.24, 2.45) is 11.8 Å². The molecule has 0 radical (unpaired) electrons. The van der Waals surface area contributed by atoms with Crippen molar-refractivity contribution in [1.29, 1.82) is 0 Å². The van der Waals surface area contributed by atoms with Crippen molar-refractivity contribution in [2.45, 2.75) is 33.1 Å². The average Bonchev–Trinajstić information content (AvgIpc) is 2.86. The smallest absolute Gasteiger partial charge is 0.261 e. The largest absolute Gasteiger partial charge is 0.338 e. The molecule has 2 fully saturated rings. The summed E-state index contributed by atoms with van der Waals surface area (Å²) < 4.78 is 0. The van der Waals surface area contributed by atoms with E-state index < -0.39 is 0 Å². The number of rotatable bonds is 1. The third-order valence-corrected chi connectivity index (χ3v) is 4.59. The maximum atomic E-state index is 12.5. The third kappa shape index (κ3) is 2.09. The van der Waals surface area contributed by atoms with Crippen molar-refractivity contribution < 1.29 is 4.79 Å². The van der Waals surface area contributed by atoms with Crippen LogP contribution in [0.1, 0.15) is 40.9 Å². The Hall–Kier alpha value is -1.58. The summed E-state index contributed by atoms with van der Waals surface area (Å²) in [5, 5.41) is 0. The fourth-order valence-corrected chi connectivity index (χ4v) is 3.68. The number of amides is 1. The first kappa shape index (κ1) is 12.5. The molecule has 3 rings (SSSR count). The monoisotopic (exact) mass is 260 g/mol. The highest BCUT2D eigenvalue weighted by molar-refractivity contribution is 5.95. The summed E-state index contributed by atoms with van der Waals surface area (Å²) in [5.74, 6) is 1.23. The van der Waals surface area contributed by atoms with E-state index in [0.717, 1.165) is 24.3 Å². The van der Waals surface area contributed by atoms with Crippen LogP contribution in [0.4, 0.5) is 0 Å². The lowest BCUT2D eigenvalue weighted by atomic mass is 10.0. The summed E-state index contributed by atoms with van der Waals surface area (Å²) in [6, 6.07) is 1.87. The molecule has 1 saturated heterocycles. The molecule has 1 amide bonds. The number of carbonyl (C=O) groups excluding carboxylic acids is 1. The maximum Gasteiger partial charge on any atom is 0.261 e. The molecule has 0 bridgehead atoms. The van der Waals surface area contributed by atoms with Crippen LogP contribution in [0.2, 0.25) is 0 Å². The number of pyridine rings is 1. The van der Waals surface area contributed by atoms with Gasteiger partial charge in [0.15, 0.2) is 0 Å². The lowest BCUT2D eigenvalue weighted by Crippen LogP contribution is -2.34. The normalized spacial score (nSPS) is 25.7. The lowest BCUT2D eigenvalue weighted by Gasteiger charge is -2.18. The fourth-order valence-electron chi connectivity index (χ4n) is 3.68. The molecule has 1 aromatic heterocycles. The molecule has 1 aliphatic carbocycles. The SMILES string of the molecule is Cc1cc(C)c(C(=O)N2CC3CCCC3C2)c(=O)[nH]1. The van der Waals surface area contributed by atoms with Gasteiger partial charge in [0, 0.05) is 18.8 Å². The second kappa shape index (κ2) is 4.51. The van der Waals surface area contributed by atoms with Crippen LogP contribution in [-0.2, 0) is 0 Å². The first-order valence-electron chi connectivity index (χ1n) is 7.06. The summed E-state index contributed by atoms with van der Waals surface area (Å²) in [5.41, 5.74) is 1.66. The van der Waals surface area contributed by atoms with E-state index in [1.54, 1.807) is 0 Å². The molecule has 0 spiro atoms. The molecule has 2 heterocycles. The number of likely N-dealkylation sites (tertiary alicyclic amines) is 1. The van der Waals surface area contributed by atoms with Gasteiger partial charge in [-0.1, -0.05) is 6.42 Å². The number of aromatic nitrogens is 1. The van der Waals surface area contributed by atoms with Crippen molar-refractivity contribution in [3.05, 3.63) is 33.2 Å². The van der Waals surface area contributed by atoms with E-state index in [1.807, 2.05) is 24.8 Å². The van der Waals surface area contributed by atoms with Gasteiger partial charge in [-0.25, -0.2) is 0 Å². The van der Waals surface area contributed by atoms with Crippen molar-refractivity contribution >= 4 is 5.91 Å². The minimum Gasteiger partial charge on any atom is -0.338 e. The topological polar surface area (TPSA) is 53.2 Å². The zero-order valence-electron chi connectivity index (χ0n) is 11.5. The molecule has 4 nitrogen and oxygen atoms in total. The third-order valence-electron chi connectivity index (χ3n) is 4.59. The summed E-state index contributed by atoms with van der Waals surface area (Å²) in [4.78, 5) is 29.1. The van der Waals surface area contributed by atoms with Gasteiger partial charge in [0.05, 0.1) is 0 Å². The van der Waals surface area contributed by atoms with Crippen LogP contribution in [0.15, 0.2) is 10.9 Å². The molecular weight excluding hydrogens is 240 g/mol. The number of nitrogens with one attached hydrogen (secondary N) is 1. The predicted molar refractivity (Wildman–Crippen MR) is 73.3 cm³/mol. The zero-order chi connectivity index (χ0) is 13.6. The average molecular weight is 260 g/mol. The first-order chi connectivity index (χ1) is 9.06. The highest BCUT2D eigenvalue weighted by atomic mass is 16.2. The van der Waals surface area contributed by atoms with Crippen LogP contribution in [0.5, 0.6) is 0 Å². The Kier molecular flexibility index (Phi) is 2.96. The van der Waals surface area contributed by atoms with Crippen LogP contribution in [0, 0.1) is 25.7 Å². The van der Waals surface area contributed by atoms with Crippen molar-refractivity contribution in [1.82, 2.24) is 9.88 Å². The van der Waals surface area contributed by atoms with E-state index in [-0.39, 0.29) is 11.5 Å². The van der Waals surface area contributed by atoms with Crippen LogP contribution in [0.3, 0.4) is 0 Å². The molecule has 2 unspecified atom stereocenters. The lowest BCUT2D eigenvalue weighted by molar-refractivity contribution is 0.0778. The summed E-state index contributed by atoms with van der Waals surface area (Å²) >= 11 is 0. The Labute approximate surface area is 112 Å². The number of hydrogen-bond acceptors (Lipinski definition) is 2. The number of carbonyl (C=O) groups is 1. The highest BCUT2D eigenvalue weighted by Crippen LogP contribution is 2.38. The molecule has 19 heavy (non-hydrogen) atoms. The molecule has 2 aliphatic rings. The van der Waals surface area contributed by atoms with E-state index in [0.29, 0.717) is 17.4 Å². The van der Waals surface area contributed by atoms with Crippen LogP contribution < -0.4 is 5.56 Å². The highest BCUT2D eigenvalue weighted by Gasteiger charge is 2.38. The zero-order valence-corrected chi connectivity index (χ0v) is 11.5. The number of aromatic amines is 1. The van der Waals surface area contributed by atoms with Crippen LogP contribution in [-0.4, -0.2) is 28.9 Å². The molecule has 2 atom stereocenters. The maximum absolute atomic E-state index is 12.5. The molecule has 4 heteroatoms. The van der Waals surface area contributed by atoms with Crippen LogP contribution in [0.25, 0.3) is 0 Å². The van der Waals surface area contributed by atoms with Crippen LogP contribution >= 0.6 is 0 Å². The van der Waals surface area contributed by atoms with E-state index in [2.05, 4.69) is 4.98 Å². The van der Waals surface area contributed by atoms with Crippen molar-refractivity contribution in [3.8, 4) is 0 Å². The predicted octanol–water partition coefficient (Wildman–Crippen LogP) is 1.86. The number of nitrogens with zero attached hydrogens (tertiary/aromatic N) is 1. The minimum absolute atomic E-state index is 0.0897. The Morgan fingerprint density at radius 3 is 2.47 bits per heavy atom. The second-order valence-corrected chi connectivity index (χ2v) is 6.00. The van der Waals surface area contributed by atoms with E-state index in [4.69, 9.17) is 0 Å². The quantitative estimate of drug-likeness (QED) is 0.838. The van der Waals surface area contributed by atoms with Gasteiger partial charge in [-0.2, -0.15) is 0 Å². The molecule has 1 aromatic rings. The number of H-pyrrole nitrogens is 1. The molecule has 1 aliphatic heterocycles. The van der Waals surface area contributed by atoms with E-state index in [1.165, 1.54) is 19.3 Å². The van der Waals surface area contributed by atoms with Gasteiger partial charge in [0.1, 0.15) is 5.56 Å². The fraction of sp³-hybridized carbons (Fsp3) is 0.600. The van der Waals surface area contributed by atoms with Gasteiger partial charge < -0.3 is 9.88 Å². The van der Waals surface area contributed by atoms with Gasteiger partial charge in [0.2, 0.25) is 0 Å². The minimum atomic E-state index is -0.250. The van der Waals surface area contributed by atoms with Gasteiger partial charge >= 0.3 is 0 Å². The van der Waals surface area contributed by atoms with Gasteiger partial charge in [-0.15, -0.1) is 0 Å². The molecule has 1 saturated carbocycles. The Balaban J connectivity index is 1.87. The first-order valence-corrected chi connectivity index (χ1v) is 7.06. The van der Waals surface area contributed by atoms with Crippen molar-refractivity contribution in [3.63, 3.8) is 0 Å². The molecule has 0 aromatic carbocycles. The summed E-state index contributed by atoms with van der Waals surface area (Å²) in [6.45, 7) is 5.34. The van der Waals surface area contributed by atoms with Crippen molar-refractivity contribution in [2.75, 3.05) is 13.1 Å². The Morgan fingerprint density at radius 1 is 1.26 bits per heavy atom. The summed E-state index contributed by atoms with van der Waals surface area (Å²) in [7, 11) is 0. The van der Waals surface area contributed by atoms with Gasteiger partial charge in [-0.3, -0.25) is 9.59 Å².